The topological polar surface area (TPSA) is 66.9 Å². The SMILES string of the molecule is Cc1cc(C)c(NC(=O)c2cnc(Nc3ccccc3F)cn2)c(Cl)c1. The van der Waals surface area contributed by atoms with E-state index in [1.807, 2.05) is 19.9 Å². The lowest BCUT2D eigenvalue weighted by molar-refractivity contribution is 0.102. The van der Waals surface area contributed by atoms with Gasteiger partial charge in [-0.15, -0.1) is 0 Å². The van der Waals surface area contributed by atoms with E-state index in [-0.39, 0.29) is 11.4 Å². The van der Waals surface area contributed by atoms with Crippen LogP contribution in [0, 0.1) is 19.7 Å². The Morgan fingerprint density at radius 2 is 1.88 bits per heavy atom. The van der Waals surface area contributed by atoms with Gasteiger partial charge in [-0.05, 0) is 43.2 Å². The number of benzene rings is 2. The van der Waals surface area contributed by atoms with E-state index >= 15 is 0 Å². The summed E-state index contributed by atoms with van der Waals surface area (Å²) in [5.74, 6) is -0.499. The average Bonchev–Trinajstić information content (AvgIpc) is 2.60. The highest BCUT2D eigenvalue weighted by Gasteiger charge is 2.13. The van der Waals surface area contributed by atoms with Crippen LogP contribution in [-0.2, 0) is 0 Å². The molecule has 132 valence electrons. The summed E-state index contributed by atoms with van der Waals surface area (Å²) in [7, 11) is 0. The molecule has 0 aliphatic heterocycles. The molecule has 0 unspecified atom stereocenters. The molecule has 0 fully saturated rings. The van der Waals surface area contributed by atoms with Crippen LogP contribution in [0.15, 0.2) is 48.8 Å². The maximum atomic E-state index is 13.6. The Morgan fingerprint density at radius 1 is 1.12 bits per heavy atom. The van der Waals surface area contributed by atoms with Crippen LogP contribution in [0.5, 0.6) is 0 Å². The summed E-state index contributed by atoms with van der Waals surface area (Å²) in [5.41, 5.74) is 2.81. The molecule has 2 aromatic carbocycles. The molecule has 0 saturated carbocycles. The van der Waals surface area contributed by atoms with Crippen LogP contribution in [-0.4, -0.2) is 15.9 Å². The fourth-order valence-corrected chi connectivity index (χ4v) is 2.83. The summed E-state index contributed by atoms with van der Waals surface area (Å²) in [6, 6.07) is 9.92. The molecule has 0 atom stereocenters. The third kappa shape index (κ3) is 3.97. The van der Waals surface area contributed by atoms with Crippen molar-refractivity contribution in [1.82, 2.24) is 9.97 Å². The van der Waals surface area contributed by atoms with Gasteiger partial charge >= 0.3 is 0 Å². The molecule has 1 heterocycles. The summed E-state index contributed by atoms with van der Waals surface area (Å²) < 4.78 is 13.6. The van der Waals surface area contributed by atoms with Crippen LogP contribution in [0.1, 0.15) is 21.6 Å². The van der Waals surface area contributed by atoms with Crippen molar-refractivity contribution < 1.29 is 9.18 Å². The number of aryl methyl sites for hydroxylation is 2. The number of hydrogen-bond acceptors (Lipinski definition) is 4. The molecular formula is C19H16ClFN4O. The Labute approximate surface area is 155 Å². The maximum Gasteiger partial charge on any atom is 0.275 e. The third-order valence-corrected chi connectivity index (χ3v) is 3.99. The van der Waals surface area contributed by atoms with E-state index < -0.39 is 11.7 Å². The molecule has 7 heteroatoms. The second-order valence-electron chi connectivity index (χ2n) is 5.78. The zero-order chi connectivity index (χ0) is 18.7. The van der Waals surface area contributed by atoms with Gasteiger partial charge < -0.3 is 10.6 Å². The number of halogens is 2. The van der Waals surface area contributed by atoms with Gasteiger partial charge in [0.05, 0.1) is 28.8 Å². The van der Waals surface area contributed by atoms with E-state index in [0.29, 0.717) is 16.5 Å². The van der Waals surface area contributed by atoms with Crippen molar-refractivity contribution in [1.29, 1.82) is 0 Å². The lowest BCUT2D eigenvalue weighted by atomic mass is 10.1. The van der Waals surface area contributed by atoms with Gasteiger partial charge in [0.1, 0.15) is 17.3 Å². The number of hydrogen-bond donors (Lipinski definition) is 2. The molecule has 0 bridgehead atoms. The molecule has 1 aromatic heterocycles. The van der Waals surface area contributed by atoms with E-state index in [0.717, 1.165) is 11.1 Å². The first-order valence-corrected chi connectivity index (χ1v) is 8.23. The average molecular weight is 371 g/mol. The van der Waals surface area contributed by atoms with Crippen LogP contribution >= 0.6 is 11.6 Å². The maximum absolute atomic E-state index is 13.6. The van der Waals surface area contributed by atoms with Crippen LogP contribution in [0.2, 0.25) is 5.02 Å². The molecule has 3 aromatic rings. The van der Waals surface area contributed by atoms with Crippen molar-refractivity contribution in [2.75, 3.05) is 10.6 Å². The van der Waals surface area contributed by atoms with Crippen LogP contribution < -0.4 is 10.6 Å². The lowest BCUT2D eigenvalue weighted by Crippen LogP contribution is -2.15. The summed E-state index contributed by atoms with van der Waals surface area (Å²) in [6.07, 6.45) is 2.68. The normalized spacial score (nSPS) is 10.5. The highest BCUT2D eigenvalue weighted by atomic mass is 35.5. The molecule has 3 rings (SSSR count). The first-order valence-electron chi connectivity index (χ1n) is 7.86. The number of rotatable bonds is 4. The quantitative estimate of drug-likeness (QED) is 0.686. The number of carbonyl (C=O) groups is 1. The molecular weight excluding hydrogens is 355 g/mol. The molecule has 0 aliphatic rings. The molecule has 1 amide bonds. The number of para-hydroxylation sites is 1. The van der Waals surface area contributed by atoms with Gasteiger partial charge in [-0.3, -0.25) is 4.79 Å². The molecule has 0 aliphatic carbocycles. The Morgan fingerprint density at radius 3 is 2.54 bits per heavy atom. The molecule has 0 spiro atoms. The van der Waals surface area contributed by atoms with E-state index in [9.17, 15) is 9.18 Å². The summed E-state index contributed by atoms with van der Waals surface area (Å²) in [4.78, 5) is 20.6. The zero-order valence-electron chi connectivity index (χ0n) is 14.2. The lowest BCUT2D eigenvalue weighted by Gasteiger charge is -2.11. The summed E-state index contributed by atoms with van der Waals surface area (Å²) in [5, 5.41) is 6.02. The second kappa shape index (κ2) is 7.49. The van der Waals surface area contributed by atoms with Gasteiger partial charge in [-0.2, -0.15) is 0 Å². The van der Waals surface area contributed by atoms with Gasteiger partial charge in [0.25, 0.3) is 5.91 Å². The predicted octanol–water partition coefficient (Wildman–Crippen LogP) is 4.88. The third-order valence-electron chi connectivity index (χ3n) is 3.69. The van der Waals surface area contributed by atoms with Crippen molar-refractivity contribution in [2.24, 2.45) is 0 Å². The van der Waals surface area contributed by atoms with Crippen molar-refractivity contribution >= 4 is 34.7 Å². The van der Waals surface area contributed by atoms with Crippen molar-refractivity contribution in [3.8, 4) is 0 Å². The molecule has 0 saturated heterocycles. The summed E-state index contributed by atoms with van der Waals surface area (Å²) >= 11 is 6.20. The minimum atomic E-state index is -0.427. The van der Waals surface area contributed by atoms with Gasteiger partial charge in [-0.1, -0.05) is 29.8 Å². The smallest absolute Gasteiger partial charge is 0.275 e. The highest BCUT2D eigenvalue weighted by Crippen LogP contribution is 2.27. The van der Waals surface area contributed by atoms with Crippen LogP contribution in [0.25, 0.3) is 0 Å². The molecule has 5 nitrogen and oxygen atoms in total. The number of carbonyl (C=O) groups excluding carboxylic acids is 1. The predicted molar refractivity (Wildman–Crippen MR) is 101 cm³/mol. The second-order valence-corrected chi connectivity index (χ2v) is 6.19. The Kier molecular flexibility index (Phi) is 5.14. The molecule has 2 N–H and O–H groups in total. The van der Waals surface area contributed by atoms with Crippen LogP contribution in [0.3, 0.4) is 0 Å². The van der Waals surface area contributed by atoms with Crippen molar-refractivity contribution in [3.05, 3.63) is 76.5 Å². The fourth-order valence-electron chi connectivity index (χ4n) is 2.46. The fraction of sp³-hybridized carbons (Fsp3) is 0.105. The van der Waals surface area contributed by atoms with Gasteiger partial charge in [0.15, 0.2) is 0 Å². The van der Waals surface area contributed by atoms with E-state index in [4.69, 9.17) is 11.6 Å². The van der Waals surface area contributed by atoms with E-state index in [1.54, 1.807) is 24.3 Å². The molecule has 26 heavy (non-hydrogen) atoms. The van der Waals surface area contributed by atoms with E-state index in [2.05, 4.69) is 20.6 Å². The van der Waals surface area contributed by atoms with Crippen molar-refractivity contribution in [3.63, 3.8) is 0 Å². The van der Waals surface area contributed by atoms with Gasteiger partial charge in [0, 0.05) is 0 Å². The van der Waals surface area contributed by atoms with Gasteiger partial charge in [0.2, 0.25) is 0 Å². The monoisotopic (exact) mass is 370 g/mol. The Hall–Kier alpha value is -2.99. The minimum Gasteiger partial charge on any atom is -0.337 e. The standard InChI is InChI=1S/C19H16ClFN4O/c1-11-7-12(2)18(13(20)8-11)25-19(26)16-9-23-17(10-22-16)24-15-6-4-3-5-14(15)21/h3-10H,1-2H3,(H,23,24)(H,25,26). The number of anilines is 3. The number of nitrogens with one attached hydrogen (secondary N) is 2. The zero-order valence-corrected chi connectivity index (χ0v) is 14.9. The van der Waals surface area contributed by atoms with Crippen LogP contribution in [0.4, 0.5) is 21.6 Å². The Balaban J connectivity index is 1.74. The van der Waals surface area contributed by atoms with Crippen molar-refractivity contribution in [2.45, 2.75) is 13.8 Å². The minimum absolute atomic E-state index is 0.125. The number of nitrogens with zero attached hydrogens (tertiary/aromatic N) is 2. The first kappa shape index (κ1) is 17.8. The summed E-state index contributed by atoms with van der Waals surface area (Å²) in [6.45, 7) is 3.79. The largest absolute Gasteiger partial charge is 0.337 e. The Bertz CT molecular complexity index is 937. The number of amides is 1. The van der Waals surface area contributed by atoms with Gasteiger partial charge in [-0.25, -0.2) is 14.4 Å². The molecule has 0 radical (unpaired) electrons. The van der Waals surface area contributed by atoms with E-state index in [1.165, 1.54) is 18.5 Å². The first-order chi connectivity index (χ1) is 12.4. The number of aromatic nitrogens is 2. The highest BCUT2D eigenvalue weighted by molar-refractivity contribution is 6.34.